The maximum absolute atomic E-state index is 6.49. The van der Waals surface area contributed by atoms with E-state index in [0.717, 1.165) is 18.0 Å². The van der Waals surface area contributed by atoms with Gasteiger partial charge in [0.25, 0.3) is 0 Å². The summed E-state index contributed by atoms with van der Waals surface area (Å²) < 4.78 is 0. The summed E-state index contributed by atoms with van der Waals surface area (Å²) in [5.41, 5.74) is 2.37. The van der Waals surface area contributed by atoms with Crippen molar-refractivity contribution in [2.75, 3.05) is 18.5 Å². The Morgan fingerprint density at radius 2 is 1.86 bits per heavy atom. The van der Waals surface area contributed by atoms with E-state index in [-0.39, 0.29) is 0 Å². The van der Waals surface area contributed by atoms with Crippen LogP contribution in [-0.4, -0.2) is 19.6 Å². The first-order valence-corrected chi connectivity index (χ1v) is 8.50. The highest BCUT2D eigenvalue weighted by Crippen LogP contribution is 2.29. The first kappa shape index (κ1) is 18.3. The highest BCUT2D eigenvalue weighted by molar-refractivity contribution is 6.31. The Labute approximate surface area is 135 Å². The SMILES string of the molecule is CCCNC(C)c1ccc(N(C)C(C)CC(C)C)cc1Cl. The molecule has 120 valence electrons. The van der Waals surface area contributed by atoms with Crippen molar-refractivity contribution in [3.63, 3.8) is 0 Å². The van der Waals surface area contributed by atoms with Crippen LogP contribution in [0.25, 0.3) is 0 Å². The Balaban J connectivity index is 2.81. The molecule has 3 heteroatoms. The minimum atomic E-state index is 0.296. The summed E-state index contributed by atoms with van der Waals surface area (Å²) in [5.74, 6) is 0.704. The van der Waals surface area contributed by atoms with Gasteiger partial charge in [0.1, 0.15) is 0 Å². The van der Waals surface area contributed by atoms with Crippen LogP contribution in [0, 0.1) is 5.92 Å². The predicted octanol–water partition coefficient (Wildman–Crippen LogP) is 5.27. The minimum absolute atomic E-state index is 0.296. The summed E-state index contributed by atoms with van der Waals surface area (Å²) >= 11 is 6.49. The van der Waals surface area contributed by atoms with E-state index in [9.17, 15) is 0 Å². The van der Waals surface area contributed by atoms with Gasteiger partial charge >= 0.3 is 0 Å². The molecule has 0 aliphatic carbocycles. The number of rotatable bonds is 8. The molecule has 1 aromatic rings. The number of anilines is 1. The molecular formula is C18H31ClN2. The Hall–Kier alpha value is -0.730. The van der Waals surface area contributed by atoms with E-state index in [1.165, 1.54) is 17.7 Å². The number of halogens is 1. The van der Waals surface area contributed by atoms with Crippen LogP contribution in [0.2, 0.25) is 5.02 Å². The van der Waals surface area contributed by atoms with Crippen molar-refractivity contribution in [2.45, 2.75) is 59.5 Å². The number of nitrogens with one attached hydrogen (secondary N) is 1. The van der Waals surface area contributed by atoms with Crippen molar-refractivity contribution in [2.24, 2.45) is 5.92 Å². The van der Waals surface area contributed by atoms with Crippen LogP contribution < -0.4 is 10.2 Å². The molecule has 2 unspecified atom stereocenters. The lowest BCUT2D eigenvalue weighted by molar-refractivity contribution is 0.504. The molecule has 0 aliphatic heterocycles. The van der Waals surface area contributed by atoms with Crippen LogP contribution in [-0.2, 0) is 0 Å². The third-order valence-corrected chi connectivity index (χ3v) is 4.36. The van der Waals surface area contributed by atoms with Gasteiger partial charge in [-0.05, 0) is 56.8 Å². The molecule has 0 amide bonds. The van der Waals surface area contributed by atoms with Gasteiger partial charge < -0.3 is 10.2 Å². The number of benzene rings is 1. The zero-order valence-corrected chi connectivity index (χ0v) is 15.2. The average molecular weight is 311 g/mol. The fraction of sp³-hybridized carbons (Fsp3) is 0.667. The van der Waals surface area contributed by atoms with Gasteiger partial charge in [0.15, 0.2) is 0 Å². The lowest BCUT2D eigenvalue weighted by Crippen LogP contribution is -2.30. The van der Waals surface area contributed by atoms with Crippen molar-refractivity contribution in [3.05, 3.63) is 28.8 Å². The maximum Gasteiger partial charge on any atom is 0.0474 e. The Morgan fingerprint density at radius 1 is 1.19 bits per heavy atom. The summed E-state index contributed by atoms with van der Waals surface area (Å²) in [6, 6.07) is 7.25. The summed E-state index contributed by atoms with van der Waals surface area (Å²) in [4.78, 5) is 2.32. The van der Waals surface area contributed by atoms with Crippen LogP contribution >= 0.6 is 11.6 Å². The molecule has 0 bridgehead atoms. The molecule has 1 N–H and O–H groups in total. The fourth-order valence-electron chi connectivity index (χ4n) is 2.65. The maximum atomic E-state index is 6.49. The van der Waals surface area contributed by atoms with Crippen molar-refractivity contribution < 1.29 is 0 Å². The molecule has 21 heavy (non-hydrogen) atoms. The molecule has 0 aromatic heterocycles. The van der Waals surface area contributed by atoms with Gasteiger partial charge in [0.05, 0.1) is 0 Å². The first-order valence-electron chi connectivity index (χ1n) is 8.12. The Bertz CT molecular complexity index is 431. The topological polar surface area (TPSA) is 15.3 Å². The lowest BCUT2D eigenvalue weighted by Gasteiger charge is -2.29. The number of nitrogens with zero attached hydrogens (tertiary/aromatic N) is 1. The Morgan fingerprint density at radius 3 is 2.38 bits per heavy atom. The molecule has 0 saturated heterocycles. The van der Waals surface area contributed by atoms with E-state index in [0.29, 0.717) is 18.0 Å². The van der Waals surface area contributed by atoms with Gasteiger partial charge in [0.2, 0.25) is 0 Å². The van der Waals surface area contributed by atoms with E-state index in [2.05, 4.69) is 70.1 Å². The standard InChI is InChI=1S/C18H31ClN2/c1-7-10-20-15(5)17-9-8-16(12-18(17)19)21(6)14(4)11-13(2)3/h8-9,12-15,20H,7,10-11H2,1-6H3. The van der Waals surface area contributed by atoms with E-state index in [1.54, 1.807) is 0 Å². The summed E-state index contributed by atoms with van der Waals surface area (Å²) in [5, 5.41) is 4.34. The predicted molar refractivity (Wildman–Crippen MR) is 95.5 cm³/mol. The lowest BCUT2D eigenvalue weighted by atomic mass is 10.0. The summed E-state index contributed by atoms with van der Waals surface area (Å²) in [6.07, 6.45) is 2.32. The van der Waals surface area contributed by atoms with E-state index in [4.69, 9.17) is 11.6 Å². The van der Waals surface area contributed by atoms with Gasteiger partial charge in [-0.2, -0.15) is 0 Å². The van der Waals surface area contributed by atoms with E-state index >= 15 is 0 Å². The van der Waals surface area contributed by atoms with Crippen molar-refractivity contribution in [1.82, 2.24) is 5.32 Å². The third kappa shape index (κ3) is 5.52. The van der Waals surface area contributed by atoms with Gasteiger partial charge in [-0.3, -0.25) is 0 Å². The third-order valence-electron chi connectivity index (χ3n) is 4.03. The van der Waals surface area contributed by atoms with Gasteiger partial charge in [0, 0.05) is 29.8 Å². The van der Waals surface area contributed by atoms with Crippen molar-refractivity contribution in [1.29, 1.82) is 0 Å². The summed E-state index contributed by atoms with van der Waals surface area (Å²) in [6.45, 7) is 12.2. The first-order chi connectivity index (χ1) is 9.86. The van der Waals surface area contributed by atoms with Crippen molar-refractivity contribution in [3.8, 4) is 0 Å². The van der Waals surface area contributed by atoms with Crippen LogP contribution in [0.1, 0.15) is 59.1 Å². The van der Waals surface area contributed by atoms with Crippen LogP contribution in [0.5, 0.6) is 0 Å². The number of hydrogen-bond acceptors (Lipinski definition) is 2. The average Bonchev–Trinajstić information content (AvgIpc) is 2.42. The largest absolute Gasteiger partial charge is 0.372 e. The van der Waals surface area contributed by atoms with Crippen LogP contribution in [0.3, 0.4) is 0 Å². The molecule has 0 aliphatic rings. The highest BCUT2D eigenvalue weighted by Gasteiger charge is 2.14. The molecule has 0 saturated carbocycles. The van der Waals surface area contributed by atoms with Crippen LogP contribution in [0.4, 0.5) is 5.69 Å². The van der Waals surface area contributed by atoms with Gasteiger partial charge in [-0.1, -0.05) is 38.4 Å². The molecule has 1 rings (SSSR count). The van der Waals surface area contributed by atoms with E-state index < -0.39 is 0 Å². The summed E-state index contributed by atoms with van der Waals surface area (Å²) in [7, 11) is 2.15. The number of hydrogen-bond donors (Lipinski definition) is 1. The smallest absolute Gasteiger partial charge is 0.0474 e. The van der Waals surface area contributed by atoms with Gasteiger partial charge in [-0.25, -0.2) is 0 Å². The molecule has 0 fully saturated rings. The zero-order chi connectivity index (χ0) is 16.0. The molecule has 1 aromatic carbocycles. The second kappa shape index (κ2) is 8.65. The zero-order valence-electron chi connectivity index (χ0n) is 14.4. The molecule has 2 atom stereocenters. The molecule has 2 nitrogen and oxygen atoms in total. The Kier molecular flexibility index (Phi) is 7.55. The minimum Gasteiger partial charge on any atom is -0.372 e. The second-order valence-corrected chi connectivity index (χ2v) is 6.88. The second-order valence-electron chi connectivity index (χ2n) is 6.47. The molecular weight excluding hydrogens is 280 g/mol. The monoisotopic (exact) mass is 310 g/mol. The van der Waals surface area contributed by atoms with Gasteiger partial charge in [-0.15, -0.1) is 0 Å². The quantitative estimate of drug-likeness (QED) is 0.703. The van der Waals surface area contributed by atoms with Crippen molar-refractivity contribution >= 4 is 17.3 Å². The normalized spacial score (nSPS) is 14.3. The fourth-order valence-corrected chi connectivity index (χ4v) is 2.99. The molecule has 0 spiro atoms. The molecule has 0 radical (unpaired) electrons. The van der Waals surface area contributed by atoms with Crippen LogP contribution in [0.15, 0.2) is 18.2 Å². The van der Waals surface area contributed by atoms with E-state index in [1.807, 2.05) is 0 Å². The molecule has 0 heterocycles. The highest BCUT2D eigenvalue weighted by atomic mass is 35.5.